The highest BCUT2D eigenvalue weighted by atomic mass is 35.5. The van der Waals surface area contributed by atoms with Crippen LogP contribution in [-0.2, 0) is 11.3 Å². The van der Waals surface area contributed by atoms with Gasteiger partial charge in [-0.2, -0.15) is 0 Å². The number of halogens is 1. The molecule has 1 fully saturated rings. The fourth-order valence-corrected chi connectivity index (χ4v) is 3.71. The highest BCUT2D eigenvalue weighted by Crippen LogP contribution is 2.26. The quantitative estimate of drug-likeness (QED) is 0.839. The standard InChI is InChI=1S/C18H24N4O2S.ClH/c1-13(19)18(23)22-9-7-21(8-10-22)11-15-12-25-17(20-15)14-3-5-16(24-2)6-4-14;/h3-6,12-13H,7-11,19H2,1-2H3;1H. The average molecular weight is 397 g/mol. The van der Waals surface area contributed by atoms with E-state index in [0.29, 0.717) is 0 Å². The Bertz CT molecular complexity index is 712. The van der Waals surface area contributed by atoms with Gasteiger partial charge < -0.3 is 15.4 Å². The fourth-order valence-electron chi connectivity index (χ4n) is 2.89. The summed E-state index contributed by atoms with van der Waals surface area (Å²) in [5.74, 6) is 0.884. The maximum Gasteiger partial charge on any atom is 0.239 e. The first kappa shape index (κ1) is 20.6. The molecule has 1 atom stereocenters. The number of hydrogen-bond acceptors (Lipinski definition) is 6. The molecule has 1 unspecified atom stereocenters. The van der Waals surface area contributed by atoms with Crippen molar-refractivity contribution in [1.29, 1.82) is 0 Å². The number of nitrogens with zero attached hydrogens (tertiary/aromatic N) is 3. The van der Waals surface area contributed by atoms with Gasteiger partial charge in [0.15, 0.2) is 0 Å². The Morgan fingerprint density at radius 2 is 1.92 bits per heavy atom. The number of piperazine rings is 1. The van der Waals surface area contributed by atoms with E-state index in [9.17, 15) is 4.79 Å². The van der Waals surface area contributed by atoms with Crippen molar-refractivity contribution in [1.82, 2.24) is 14.8 Å². The number of rotatable bonds is 5. The summed E-state index contributed by atoms with van der Waals surface area (Å²) in [6, 6.07) is 7.53. The number of carbonyl (C=O) groups excluding carboxylic acids is 1. The number of hydrogen-bond donors (Lipinski definition) is 1. The first-order valence-corrected chi connectivity index (χ1v) is 9.30. The maximum absolute atomic E-state index is 11.9. The van der Waals surface area contributed by atoms with Gasteiger partial charge in [-0.05, 0) is 31.2 Å². The van der Waals surface area contributed by atoms with Crippen molar-refractivity contribution in [2.45, 2.75) is 19.5 Å². The molecule has 0 aliphatic carbocycles. The molecule has 1 aromatic heterocycles. The van der Waals surface area contributed by atoms with Crippen LogP contribution in [0.3, 0.4) is 0 Å². The van der Waals surface area contributed by atoms with Crippen molar-refractivity contribution in [2.75, 3.05) is 33.3 Å². The number of ether oxygens (including phenoxy) is 1. The molecule has 1 aliphatic rings. The maximum atomic E-state index is 11.9. The smallest absolute Gasteiger partial charge is 0.239 e. The summed E-state index contributed by atoms with van der Waals surface area (Å²) in [6.45, 7) is 5.73. The third-order valence-corrected chi connectivity index (χ3v) is 5.29. The van der Waals surface area contributed by atoms with Gasteiger partial charge >= 0.3 is 0 Å². The lowest BCUT2D eigenvalue weighted by atomic mass is 10.2. The van der Waals surface area contributed by atoms with Crippen LogP contribution < -0.4 is 10.5 Å². The van der Waals surface area contributed by atoms with Crippen LogP contribution in [0.15, 0.2) is 29.6 Å². The van der Waals surface area contributed by atoms with Gasteiger partial charge in [0.2, 0.25) is 5.91 Å². The first-order chi connectivity index (χ1) is 12.1. The van der Waals surface area contributed by atoms with Gasteiger partial charge in [0.25, 0.3) is 0 Å². The second-order valence-corrected chi connectivity index (χ2v) is 7.12. The molecule has 1 amide bonds. The zero-order valence-electron chi connectivity index (χ0n) is 15.1. The van der Waals surface area contributed by atoms with Gasteiger partial charge in [-0.15, -0.1) is 23.7 Å². The third-order valence-electron chi connectivity index (χ3n) is 4.35. The van der Waals surface area contributed by atoms with Crippen molar-refractivity contribution >= 4 is 29.7 Å². The van der Waals surface area contributed by atoms with E-state index in [2.05, 4.69) is 10.3 Å². The minimum absolute atomic E-state index is 0. The molecule has 2 heterocycles. The summed E-state index contributed by atoms with van der Waals surface area (Å²) in [6.07, 6.45) is 0. The largest absolute Gasteiger partial charge is 0.497 e. The van der Waals surface area contributed by atoms with Crippen LogP contribution in [0, 0.1) is 0 Å². The zero-order valence-corrected chi connectivity index (χ0v) is 16.7. The molecule has 6 nitrogen and oxygen atoms in total. The van der Waals surface area contributed by atoms with Gasteiger partial charge in [0.05, 0.1) is 18.8 Å². The van der Waals surface area contributed by atoms with E-state index >= 15 is 0 Å². The van der Waals surface area contributed by atoms with Crippen LogP contribution in [0.25, 0.3) is 10.6 Å². The second kappa shape index (κ2) is 9.32. The van der Waals surface area contributed by atoms with Crippen LogP contribution in [0.5, 0.6) is 5.75 Å². The van der Waals surface area contributed by atoms with Gasteiger partial charge in [0, 0.05) is 43.7 Å². The third kappa shape index (κ3) is 4.94. The Balaban J connectivity index is 0.00000243. The van der Waals surface area contributed by atoms with Crippen LogP contribution >= 0.6 is 23.7 Å². The molecule has 1 saturated heterocycles. The number of thiazole rings is 1. The lowest BCUT2D eigenvalue weighted by molar-refractivity contribution is -0.134. The van der Waals surface area contributed by atoms with Crippen molar-refractivity contribution in [3.63, 3.8) is 0 Å². The Morgan fingerprint density at radius 1 is 1.27 bits per heavy atom. The lowest BCUT2D eigenvalue weighted by Crippen LogP contribution is -2.52. The molecule has 0 radical (unpaired) electrons. The SMILES string of the molecule is COc1ccc(-c2nc(CN3CCN(C(=O)C(C)N)CC3)cs2)cc1.Cl. The van der Waals surface area contributed by atoms with E-state index in [1.807, 2.05) is 29.2 Å². The highest BCUT2D eigenvalue weighted by Gasteiger charge is 2.23. The number of nitrogens with two attached hydrogens (primary N) is 1. The van der Waals surface area contributed by atoms with Crippen LogP contribution in [0.4, 0.5) is 0 Å². The normalized spacial score (nSPS) is 16.0. The molecule has 26 heavy (non-hydrogen) atoms. The van der Waals surface area contributed by atoms with E-state index in [1.165, 1.54) is 0 Å². The van der Waals surface area contributed by atoms with E-state index in [-0.39, 0.29) is 18.3 Å². The van der Waals surface area contributed by atoms with E-state index in [1.54, 1.807) is 25.4 Å². The van der Waals surface area contributed by atoms with E-state index in [0.717, 1.165) is 54.7 Å². The molecule has 8 heteroatoms. The molecule has 0 saturated carbocycles. The van der Waals surface area contributed by atoms with Crippen molar-refractivity contribution in [3.8, 4) is 16.3 Å². The van der Waals surface area contributed by atoms with Gasteiger partial charge in [0.1, 0.15) is 10.8 Å². The topological polar surface area (TPSA) is 71.7 Å². The summed E-state index contributed by atoms with van der Waals surface area (Å²) in [7, 11) is 1.66. The summed E-state index contributed by atoms with van der Waals surface area (Å²) >= 11 is 1.65. The van der Waals surface area contributed by atoms with Gasteiger partial charge in [-0.3, -0.25) is 9.69 Å². The Morgan fingerprint density at radius 3 is 2.50 bits per heavy atom. The van der Waals surface area contributed by atoms with Gasteiger partial charge in [-0.1, -0.05) is 0 Å². The average Bonchev–Trinajstić information content (AvgIpc) is 3.10. The van der Waals surface area contributed by atoms with E-state index in [4.69, 9.17) is 15.5 Å². The minimum Gasteiger partial charge on any atom is -0.497 e. The number of amides is 1. The van der Waals surface area contributed by atoms with Crippen LogP contribution in [0.2, 0.25) is 0 Å². The molecule has 1 aliphatic heterocycles. The molecule has 1 aromatic carbocycles. The molecule has 2 N–H and O–H groups in total. The van der Waals surface area contributed by atoms with Gasteiger partial charge in [-0.25, -0.2) is 4.98 Å². The summed E-state index contributed by atoms with van der Waals surface area (Å²) in [5, 5.41) is 3.13. The van der Waals surface area contributed by atoms with E-state index < -0.39 is 6.04 Å². The molecular weight excluding hydrogens is 372 g/mol. The van der Waals surface area contributed by atoms with Crippen molar-refractivity contribution in [3.05, 3.63) is 35.3 Å². The second-order valence-electron chi connectivity index (χ2n) is 6.26. The minimum atomic E-state index is -0.419. The molecule has 0 spiro atoms. The molecule has 0 bridgehead atoms. The van der Waals surface area contributed by atoms with Crippen LogP contribution in [0.1, 0.15) is 12.6 Å². The fraction of sp³-hybridized carbons (Fsp3) is 0.444. The Labute approximate surface area is 164 Å². The molecule has 3 rings (SSSR count). The molecule has 2 aromatic rings. The number of carbonyl (C=O) groups is 1. The Kier molecular flexibility index (Phi) is 7.40. The number of benzene rings is 1. The highest BCUT2D eigenvalue weighted by molar-refractivity contribution is 7.13. The number of aromatic nitrogens is 1. The molecule has 142 valence electrons. The first-order valence-electron chi connectivity index (χ1n) is 8.42. The van der Waals surface area contributed by atoms with Crippen molar-refractivity contribution in [2.24, 2.45) is 5.73 Å². The lowest BCUT2D eigenvalue weighted by Gasteiger charge is -2.35. The summed E-state index contributed by atoms with van der Waals surface area (Å²) in [4.78, 5) is 20.9. The summed E-state index contributed by atoms with van der Waals surface area (Å²) < 4.78 is 5.19. The predicted molar refractivity (Wildman–Crippen MR) is 107 cm³/mol. The van der Waals surface area contributed by atoms with Crippen LogP contribution in [-0.4, -0.2) is 60.0 Å². The predicted octanol–water partition coefficient (Wildman–Crippen LogP) is 2.23. The Hall–Kier alpha value is -1.67. The summed E-state index contributed by atoms with van der Waals surface area (Å²) in [5.41, 5.74) is 7.85. The monoisotopic (exact) mass is 396 g/mol. The zero-order chi connectivity index (χ0) is 17.8. The molecular formula is C18H25ClN4O2S. The number of methoxy groups -OCH3 is 1. The van der Waals surface area contributed by atoms with Crippen molar-refractivity contribution < 1.29 is 9.53 Å².